The lowest BCUT2D eigenvalue weighted by molar-refractivity contribution is -0.713. The molecule has 2 aliphatic heterocycles. The van der Waals surface area contributed by atoms with Gasteiger partial charge in [0.25, 0.3) is 5.91 Å². The molecule has 0 saturated carbocycles. The number of hydrogen-bond acceptors (Lipinski definition) is 5. The Kier molecular flexibility index (Phi) is 7.58. The number of allylic oxidation sites excluding steroid dienone is 1. The molecule has 3 heterocycles. The molecule has 1 amide bonds. The Hall–Kier alpha value is -3.86. The zero-order chi connectivity index (χ0) is 25.7. The highest BCUT2D eigenvalue weighted by Gasteiger charge is 2.44. The first-order valence-corrected chi connectivity index (χ1v) is 12.2. The van der Waals surface area contributed by atoms with Crippen LogP contribution in [0.5, 0.6) is 0 Å². The van der Waals surface area contributed by atoms with Crippen molar-refractivity contribution in [3.05, 3.63) is 83.1 Å². The third-order valence-corrected chi connectivity index (χ3v) is 6.65. The Labute approximate surface area is 213 Å². The van der Waals surface area contributed by atoms with E-state index in [0.29, 0.717) is 22.4 Å². The van der Waals surface area contributed by atoms with Crippen molar-refractivity contribution in [2.75, 3.05) is 26.0 Å². The van der Waals surface area contributed by atoms with Crippen LogP contribution >= 0.6 is 0 Å². The highest BCUT2D eigenvalue weighted by Crippen LogP contribution is 2.35. The molecule has 0 fully saturated rings. The third kappa shape index (κ3) is 5.06. The van der Waals surface area contributed by atoms with Crippen LogP contribution in [-0.4, -0.2) is 59.0 Å². The highest BCUT2D eigenvalue weighted by molar-refractivity contribution is 6.05. The first-order chi connectivity index (χ1) is 17.4. The molecule has 2 unspecified atom stereocenters. The smallest absolute Gasteiger partial charge is 0.256 e. The molecule has 2 aromatic rings. The summed E-state index contributed by atoms with van der Waals surface area (Å²) in [6.07, 6.45) is 9.47. The number of aliphatic imine (C=N–C) groups is 2. The van der Waals surface area contributed by atoms with Crippen molar-refractivity contribution in [3.8, 4) is 11.8 Å². The molecule has 0 bridgehead atoms. The number of hydrogen-bond donors (Lipinski definition) is 1. The van der Waals surface area contributed by atoms with Crippen LogP contribution in [0.2, 0.25) is 0 Å². The quantitative estimate of drug-likeness (QED) is 0.442. The number of amidine groups is 1. The minimum absolute atomic E-state index is 0.0646. The van der Waals surface area contributed by atoms with E-state index in [2.05, 4.69) is 60.0 Å². The van der Waals surface area contributed by atoms with E-state index in [1.165, 1.54) is 0 Å². The van der Waals surface area contributed by atoms with Crippen molar-refractivity contribution in [2.24, 2.45) is 9.98 Å². The molecular weight excluding hydrogens is 448 g/mol. The van der Waals surface area contributed by atoms with E-state index in [-0.39, 0.29) is 11.9 Å². The summed E-state index contributed by atoms with van der Waals surface area (Å²) in [6, 6.07) is 11.5. The van der Waals surface area contributed by atoms with Crippen LogP contribution < -0.4 is 5.32 Å². The number of anilines is 1. The summed E-state index contributed by atoms with van der Waals surface area (Å²) >= 11 is 0. The summed E-state index contributed by atoms with van der Waals surface area (Å²) in [6.45, 7) is 6.78. The predicted octanol–water partition coefficient (Wildman–Crippen LogP) is 4.60. The van der Waals surface area contributed by atoms with Gasteiger partial charge in [0.15, 0.2) is 5.70 Å². The van der Waals surface area contributed by atoms with Gasteiger partial charge in [0.1, 0.15) is 17.7 Å². The summed E-state index contributed by atoms with van der Waals surface area (Å²) in [5, 5.41) is 2.91. The maximum absolute atomic E-state index is 12.9. The van der Waals surface area contributed by atoms with Crippen LogP contribution in [0, 0.1) is 11.8 Å². The maximum atomic E-state index is 12.9. The second-order valence-electron chi connectivity index (χ2n) is 9.21. The Morgan fingerprint density at radius 3 is 2.72 bits per heavy atom. The summed E-state index contributed by atoms with van der Waals surface area (Å²) in [5.74, 6) is 7.36. The fourth-order valence-electron chi connectivity index (χ4n) is 4.39. The number of likely N-dealkylation sites (N-methyl/N-ethyl adjacent to an activating group) is 1. The molecule has 0 saturated heterocycles. The molecule has 7 nitrogen and oxygen atoms in total. The van der Waals surface area contributed by atoms with Gasteiger partial charge in [-0.1, -0.05) is 19.3 Å². The number of fused-ring (bicyclic) bond motifs is 1. The van der Waals surface area contributed by atoms with Crippen molar-refractivity contribution >= 4 is 23.8 Å². The van der Waals surface area contributed by atoms with E-state index < -0.39 is 0 Å². The van der Waals surface area contributed by atoms with Crippen LogP contribution in [0.3, 0.4) is 0 Å². The standard InChI is InChI=1S/C29H32N6O/c1-6-8-17-34(4)21(3)27-25-20-30-16-18-35(25,5)28(33-27)23-10-12-24(13-11-23)29(36)32-26-19-22(9-7-2)14-15-31-26/h10-16,18-21H,7,9,17H2,1-5H3/p+1. The maximum Gasteiger partial charge on any atom is 0.256 e. The van der Waals surface area contributed by atoms with Gasteiger partial charge in [-0.2, -0.15) is 4.99 Å². The van der Waals surface area contributed by atoms with Crippen molar-refractivity contribution in [1.29, 1.82) is 0 Å². The summed E-state index contributed by atoms with van der Waals surface area (Å²) < 4.78 is 0.427. The van der Waals surface area contributed by atoms with Crippen molar-refractivity contribution in [3.63, 3.8) is 0 Å². The second-order valence-corrected chi connectivity index (χ2v) is 9.21. The minimum Gasteiger partial charge on any atom is -0.307 e. The number of carbonyl (C=O) groups is 1. The molecule has 36 heavy (non-hydrogen) atoms. The Balaban J connectivity index is 1.57. The van der Waals surface area contributed by atoms with Crippen LogP contribution in [0.15, 0.2) is 76.4 Å². The second kappa shape index (κ2) is 10.8. The summed E-state index contributed by atoms with van der Waals surface area (Å²) in [7, 11) is 4.16. The van der Waals surface area contributed by atoms with Gasteiger partial charge in [0.05, 0.1) is 37.6 Å². The van der Waals surface area contributed by atoms with Crippen LogP contribution in [0.25, 0.3) is 0 Å². The molecule has 0 radical (unpaired) electrons. The zero-order valence-electron chi connectivity index (χ0n) is 21.6. The van der Waals surface area contributed by atoms with Crippen LogP contribution in [0.4, 0.5) is 5.82 Å². The zero-order valence-corrected chi connectivity index (χ0v) is 21.6. The molecule has 2 aliphatic rings. The van der Waals surface area contributed by atoms with Crippen molar-refractivity contribution in [1.82, 2.24) is 9.88 Å². The number of nitrogens with zero attached hydrogens (tertiary/aromatic N) is 5. The predicted molar refractivity (Wildman–Crippen MR) is 146 cm³/mol. The van der Waals surface area contributed by atoms with Gasteiger partial charge in [-0.3, -0.25) is 14.7 Å². The third-order valence-electron chi connectivity index (χ3n) is 6.65. The number of aryl methyl sites for hydroxylation is 1. The van der Waals surface area contributed by atoms with Crippen LogP contribution in [0.1, 0.15) is 48.7 Å². The Morgan fingerprint density at radius 1 is 1.22 bits per heavy atom. The fourth-order valence-corrected chi connectivity index (χ4v) is 4.39. The lowest BCUT2D eigenvalue weighted by atomic mass is 10.1. The number of aromatic nitrogens is 1. The molecule has 1 N–H and O–H groups in total. The van der Waals surface area contributed by atoms with E-state index in [1.807, 2.05) is 55.7 Å². The fraction of sp³-hybridized carbons (Fsp3) is 0.310. The van der Waals surface area contributed by atoms with Gasteiger partial charge in [-0.15, -0.1) is 5.92 Å². The van der Waals surface area contributed by atoms with E-state index >= 15 is 0 Å². The van der Waals surface area contributed by atoms with Gasteiger partial charge in [-0.25, -0.2) is 9.47 Å². The topological polar surface area (TPSA) is 70.0 Å². The Morgan fingerprint density at radius 2 is 2.00 bits per heavy atom. The van der Waals surface area contributed by atoms with Gasteiger partial charge >= 0.3 is 0 Å². The number of nitrogens with one attached hydrogen (secondary N) is 1. The lowest BCUT2D eigenvalue weighted by Gasteiger charge is -2.29. The van der Waals surface area contributed by atoms with E-state index in [1.54, 1.807) is 12.4 Å². The average molecular weight is 482 g/mol. The lowest BCUT2D eigenvalue weighted by Crippen LogP contribution is -2.43. The monoisotopic (exact) mass is 481 g/mol. The first-order valence-electron chi connectivity index (χ1n) is 12.2. The largest absolute Gasteiger partial charge is 0.307 e. The van der Waals surface area contributed by atoms with Gasteiger partial charge in [0, 0.05) is 11.8 Å². The van der Waals surface area contributed by atoms with Crippen LogP contribution in [-0.2, 0) is 6.42 Å². The van der Waals surface area contributed by atoms with Crippen molar-refractivity contribution < 1.29 is 9.28 Å². The molecule has 0 aliphatic carbocycles. The summed E-state index contributed by atoms with van der Waals surface area (Å²) in [4.78, 5) is 28.8. The van der Waals surface area contributed by atoms with E-state index in [4.69, 9.17) is 4.99 Å². The van der Waals surface area contributed by atoms with Crippen molar-refractivity contribution in [2.45, 2.75) is 39.7 Å². The molecule has 7 heteroatoms. The van der Waals surface area contributed by atoms with Gasteiger partial charge in [0.2, 0.25) is 5.84 Å². The molecule has 1 aromatic carbocycles. The number of quaternary nitrogens is 1. The van der Waals surface area contributed by atoms with Gasteiger partial charge < -0.3 is 5.32 Å². The molecule has 2 atom stereocenters. The molecule has 184 valence electrons. The van der Waals surface area contributed by atoms with Gasteiger partial charge in [-0.05, 0) is 69.3 Å². The number of carbonyl (C=O) groups excluding carboxylic acids is 1. The number of pyridine rings is 1. The first kappa shape index (κ1) is 25.2. The molecule has 4 rings (SSSR count). The molecular formula is C29H33N6O+. The Bertz CT molecular complexity index is 1330. The average Bonchev–Trinajstić information content (AvgIpc) is 3.20. The number of benzene rings is 1. The van der Waals surface area contributed by atoms with E-state index in [9.17, 15) is 4.79 Å². The van der Waals surface area contributed by atoms with E-state index in [0.717, 1.165) is 41.2 Å². The number of amides is 1. The number of rotatable bonds is 8. The molecule has 0 spiro atoms. The highest BCUT2D eigenvalue weighted by atomic mass is 16.1. The molecule has 1 aromatic heterocycles. The SMILES string of the molecule is CC#CCN(C)C(C)C1=C2C=NC=C[N+]2(C)C(c2ccc(C(=O)Nc3cc(CCC)ccn3)cc2)=N1. The summed E-state index contributed by atoms with van der Waals surface area (Å²) in [5.41, 5.74) is 4.69. The minimum atomic E-state index is -0.187. The normalized spacial score (nSPS) is 19.0.